The van der Waals surface area contributed by atoms with Gasteiger partial charge in [-0.2, -0.15) is 0 Å². The molecule has 1 aromatic rings. The van der Waals surface area contributed by atoms with E-state index in [0.29, 0.717) is 10.8 Å². The average Bonchev–Trinajstić information content (AvgIpc) is 2.88. The third-order valence-electron chi connectivity index (χ3n) is 2.72. The zero-order valence-corrected chi connectivity index (χ0v) is 11.9. The van der Waals surface area contributed by atoms with Crippen LogP contribution in [0.1, 0.15) is 10.9 Å². The van der Waals surface area contributed by atoms with Gasteiger partial charge in [-0.1, -0.05) is 25.3 Å². The molecule has 4 nitrogen and oxygen atoms in total. The van der Waals surface area contributed by atoms with Crippen LogP contribution in [0.2, 0.25) is 0 Å². The fourth-order valence-electron chi connectivity index (χ4n) is 1.90. The van der Waals surface area contributed by atoms with Crippen LogP contribution >= 0.6 is 23.6 Å². The van der Waals surface area contributed by atoms with E-state index in [4.69, 9.17) is 17.0 Å². The summed E-state index contributed by atoms with van der Waals surface area (Å²) < 4.78 is 5.13. The summed E-state index contributed by atoms with van der Waals surface area (Å²) >= 11 is 6.67. The molecule has 1 aromatic heterocycles. The molecule has 0 radical (unpaired) electrons. The summed E-state index contributed by atoms with van der Waals surface area (Å²) in [6.07, 6.45) is 1.54. The van der Waals surface area contributed by atoms with Gasteiger partial charge in [0.05, 0.1) is 6.04 Å². The second-order valence-electron chi connectivity index (χ2n) is 4.01. The van der Waals surface area contributed by atoms with E-state index in [1.807, 2.05) is 17.5 Å². The van der Waals surface area contributed by atoms with E-state index in [1.54, 1.807) is 11.3 Å². The Labute approximate surface area is 121 Å². The first kappa shape index (κ1) is 13.8. The molecule has 2 atom stereocenters. The molecule has 1 aliphatic rings. The highest BCUT2D eigenvalue weighted by atomic mass is 32.1. The van der Waals surface area contributed by atoms with Crippen LogP contribution in [0.15, 0.2) is 42.4 Å². The van der Waals surface area contributed by atoms with E-state index < -0.39 is 5.92 Å². The molecule has 0 spiro atoms. The highest BCUT2D eigenvalue weighted by Gasteiger charge is 2.38. The molecule has 1 fully saturated rings. The molecule has 6 heteroatoms. The fourth-order valence-corrected chi connectivity index (χ4v) is 2.97. The van der Waals surface area contributed by atoms with Gasteiger partial charge in [0, 0.05) is 10.6 Å². The first-order valence-corrected chi connectivity index (χ1v) is 6.99. The fraction of sp³-hybridized carbons (Fsp3) is 0.231. The number of hydrogen-bond donors (Lipinski definition) is 2. The first-order chi connectivity index (χ1) is 9.13. The van der Waals surface area contributed by atoms with Crippen molar-refractivity contribution in [2.24, 2.45) is 5.92 Å². The van der Waals surface area contributed by atoms with E-state index in [0.717, 1.165) is 4.88 Å². The number of ether oxygens (including phenoxy) is 1. The number of esters is 1. The lowest BCUT2D eigenvalue weighted by Gasteiger charge is -2.33. The average molecular weight is 294 g/mol. The minimum Gasteiger partial charge on any atom is -0.461 e. The van der Waals surface area contributed by atoms with Gasteiger partial charge in [-0.05, 0) is 23.7 Å². The van der Waals surface area contributed by atoms with Crippen LogP contribution in [0.4, 0.5) is 0 Å². The van der Waals surface area contributed by atoms with Gasteiger partial charge < -0.3 is 15.4 Å². The Bertz CT molecular complexity index is 511. The van der Waals surface area contributed by atoms with Crippen molar-refractivity contribution in [3.05, 3.63) is 47.3 Å². The number of carbonyl (C=O) groups excluding carboxylic acids is 1. The van der Waals surface area contributed by atoms with Crippen LogP contribution in [0.5, 0.6) is 0 Å². The maximum absolute atomic E-state index is 12.1. The molecule has 2 rings (SSSR count). The van der Waals surface area contributed by atoms with Gasteiger partial charge in [0.2, 0.25) is 0 Å². The molecular formula is C13H14N2O2S2. The number of carbonyl (C=O) groups is 1. The molecule has 2 N–H and O–H groups in total. The molecule has 100 valence electrons. The molecule has 0 unspecified atom stereocenters. The molecule has 19 heavy (non-hydrogen) atoms. The second kappa shape index (κ2) is 5.99. The highest BCUT2D eigenvalue weighted by molar-refractivity contribution is 7.80. The normalized spacial score (nSPS) is 22.3. The number of nitrogens with one attached hydrogen (secondary N) is 2. The molecule has 0 amide bonds. The van der Waals surface area contributed by atoms with Crippen molar-refractivity contribution in [1.82, 2.24) is 10.6 Å². The van der Waals surface area contributed by atoms with Crippen molar-refractivity contribution in [3.63, 3.8) is 0 Å². The summed E-state index contributed by atoms with van der Waals surface area (Å²) in [6.45, 7) is 7.59. The van der Waals surface area contributed by atoms with Crippen molar-refractivity contribution in [2.75, 3.05) is 6.61 Å². The van der Waals surface area contributed by atoms with Crippen LogP contribution in [0, 0.1) is 5.92 Å². The summed E-state index contributed by atoms with van der Waals surface area (Å²) in [4.78, 5) is 13.1. The molecule has 0 bridgehead atoms. The Kier molecular flexibility index (Phi) is 4.34. The number of thiophene rings is 1. The standard InChI is InChI=1S/C13H14N2O2S2/c1-3-6-17-12(16)10-8(2)14-13(18)15-11(10)9-5-4-7-19-9/h3-5,7,10-11H,1-2,6H2,(H2,14,15,18)/t10-,11+/m0/s1. The molecule has 2 heterocycles. The van der Waals surface area contributed by atoms with Gasteiger partial charge in [0.15, 0.2) is 5.11 Å². The summed E-state index contributed by atoms with van der Waals surface area (Å²) in [6, 6.07) is 3.65. The SMILES string of the molecule is C=CCOC(=O)[C@H]1C(=C)NC(=S)N[C@@H]1c1cccs1. The van der Waals surface area contributed by atoms with Crippen LogP contribution in [-0.4, -0.2) is 17.7 Å². The van der Waals surface area contributed by atoms with E-state index in [1.165, 1.54) is 6.08 Å². The van der Waals surface area contributed by atoms with Crippen molar-refractivity contribution in [3.8, 4) is 0 Å². The van der Waals surface area contributed by atoms with Crippen molar-refractivity contribution >= 4 is 34.6 Å². The number of hydrogen-bond acceptors (Lipinski definition) is 4. The maximum atomic E-state index is 12.1. The number of thiocarbonyl (C=S) groups is 1. The van der Waals surface area contributed by atoms with Gasteiger partial charge in [-0.15, -0.1) is 11.3 Å². The smallest absolute Gasteiger partial charge is 0.317 e. The molecule has 0 saturated carbocycles. The quantitative estimate of drug-likeness (QED) is 0.506. The van der Waals surface area contributed by atoms with Gasteiger partial charge in [-0.25, -0.2) is 0 Å². The van der Waals surface area contributed by atoms with E-state index in [2.05, 4.69) is 23.8 Å². The Hall–Kier alpha value is -1.66. The first-order valence-electron chi connectivity index (χ1n) is 5.70. The van der Waals surface area contributed by atoms with Gasteiger partial charge in [-0.3, -0.25) is 4.79 Å². The minimum absolute atomic E-state index is 0.185. The van der Waals surface area contributed by atoms with Crippen molar-refractivity contribution in [2.45, 2.75) is 6.04 Å². The minimum atomic E-state index is -0.509. The monoisotopic (exact) mass is 294 g/mol. The van der Waals surface area contributed by atoms with Crippen molar-refractivity contribution < 1.29 is 9.53 Å². The van der Waals surface area contributed by atoms with E-state index >= 15 is 0 Å². The molecule has 0 aromatic carbocycles. The second-order valence-corrected chi connectivity index (χ2v) is 5.40. The van der Waals surface area contributed by atoms with Gasteiger partial charge in [0.1, 0.15) is 12.5 Å². The van der Waals surface area contributed by atoms with Gasteiger partial charge >= 0.3 is 5.97 Å². The zero-order chi connectivity index (χ0) is 13.8. The molecular weight excluding hydrogens is 280 g/mol. The predicted molar refractivity (Wildman–Crippen MR) is 79.7 cm³/mol. The van der Waals surface area contributed by atoms with E-state index in [-0.39, 0.29) is 18.6 Å². The topological polar surface area (TPSA) is 50.4 Å². The lowest BCUT2D eigenvalue weighted by Crippen LogP contribution is -2.50. The van der Waals surface area contributed by atoms with Crippen molar-refractivity contribution in [1.29, 1.82) is 0 Å². The van der Waals surface area contributed by atoms with E-state index in [9.17, 15) is 4.79 Å². The van der Waals surface area contributed by atoms with Crippen LogP contribution < -0.4 is 10.6 Å². The molecule has 0 aliphatic carbocycles. The summed E-state index contributed by atoms with van der Waals surface area (Å²) in [5.41, 5.74) is 0.552. The lowest BCUT2D eigenvalue weighted by atomic mass is 9.93. The third-order valence-corrected chi connectivity index (χ3v) is 3.89. The Morgan fingerprint density at radius 3 is 3.05 bits per heavy atom. The largest absolute Gasteiger partial charge is 0.461 e. The number of rotatable bonds is 4. The van der Waals surface area contributed by atoms with Crippen LogP contribution in [-0.2, 0) is 9.53 Å². The predicted octanol–water partition coefficient (Wildman–Crippen LogP) is 2.13. The molecule has 1 aliphatic heterocycles. The van der Waals surface area contributed by atoms with Crippen LogP contribution in [0.3, 0.4) is 0 Å². The third kappa shape index (κ3) is 3.02. The summed E-state index contributed by atoms with van der Waals surface area (Å²) in [5.74, 6) is -0.851. The summed E-state index contributed by atoms with van der Waals surface area (Å²) in [5, 5.41) is 8.41. The van der Waals surface area contributed by atoms with Crippen LogP contribution in [0.25, 0.3) is 0 Å². The Morgan fingerprint density at radius 1 is 1.63 bits per heavy atom. The highest BCUT2D eigenvalue weighted by Crippen LogP contribution is 2.32. The zero-order valence-electron chi connectivity index (χ0n) is 10.2. The maximum Gasteiger partial charge on any atom is 0.317 e. The summed E-state index contributed by atoms with van der Waals surface area (Å²) in [7, 11) is 0. The molecule has 1 saturated heterocycles. The lowest BCUT2D eigenvalue weighted by molar-refractivity contribution is -0.147. The van der Waals surface area contributed by atoms with Gasteiger partial charge in [0.25, 0.3) is 0 Å². The Balaban J connectivity index is 2.24. The Morgan fingerprint density at radius 2 is 2.42 bits per heavy atom.